The van der Waals surface area contributed by atoms with E-state index < -0.39 is 0 Å². The van der Waals surface area contributed by atoms with Gasteiger partial charge in [0.25, 0.3) is 5.91 Å². The summed E-state index contributed by atoms with van der Waals surface area (Å²) in [6.45, 7) is 4.91. The Bertz CT molecular complexity index is 534. The van der Waals surface area contributed by atoms with Crippen LogP contribution >= 0.6 is 15.9 Å². The van der Waals surface area contributed by atoms with Gasteiger partial charge in [0, 0.05) is 36.7 Å². The number of hydrogen-bond acceptors (Lipinski definition) is 3. The molecule has 0 aromatic heterocycles. The summed E-state index contributed by atoms with van der Waals surface area (Å²) in [6.07, 6.45) is 0.991. The summed E-state index contributed by atoms with van der Waals surface area (Å²) < 4.78 is 19.0. The summed E-state index contributed by atoms with van der Waals surface area (Å²) in [4.78, 5) is 16.8. The molecule has 2 fully saturated rings. The second-order valence-corrected chi connectivity index (χ2v) is 6.32. The van der Waals surface area contributed by atoms with Gasteiger partial charge in [0.05, 0.1) is 18.8 Å². The lowest BCUT2D eigenvalue weighted by atomic mass is 10.2. The number of rotatable bonds is 2. The number of amides is 1. The third-order valence-electron chi connectivity index (χ3n) is 4.17. The molecule has 0 spiro atoms. The number of nitrogens with zero attached hydrogens (tertiary/aromatic N) is 2. The predicted octanol–water partition coefficient (Wildman–Crippen LogP) is 2.13. The molecule has 0 saturated carbocycles. The van der Waals surface area contributed by atoms with Crippen molar-refractivity contribution < 1.29 is 13.9 Å². The monoisotopic (exact) mass is 356 g/mol. The van der Waals surface area contributed by atoms with Gasteiger partial charge in [-0.3, -0.25) is 9.69 Å². The first kappa shape index (κ1) is 14.9. The molecule has 114 valence electrons. The highest BCUT2D eigenvalue weighted by molar-refractivity contribution is 9.10. The van der Waals surface area contributed by atoms with Gasteiger partial charge in [-0.05, 0) is 40.5 Å². The number of hydrogen-bond donors (Lipinski definition) is 0. The van der Waals surface area contributed by atoms with E-state index in [9.17, 15) is 9.18 Å². The lowest BCUT2D eigenvalue weighted by molar-refractivity contribution is 0.0185. The molecule has 1 aromatic carbocycles. The van der Waals surface area contributed by atoms with Crippen molar-refractivity contribution >= 4 is 21.8 Å². The fourth-order valence-corrected chi connectivity index (χ4v) is 3.52. The van der Waals surface area contributed by atoms with E-state index >= 15 is 0 Å². The van der Waals surface area contributed by atoms with Gasteiger partial charge in [0.15, 0.2) is 0 Å². The quantitative estimate of drug-likeness (QED) is 0.813. The van der Waals surface area contributed by atoms with Gasteiger partial charge >= 0.3 is 0 Å². The molecule has 0 radical (unpaired) electrons. The van der Waals surface area contributed by atoms with Crippen molar-refractivity contribution in [1.29, 1.82) is 0 Å². The Morgan fingerprint density at radius 3 is 2.76 bits per heavy atom. The van der Waals surface area contributed by atoms with Crippen LogP contribution in [0.3, 0.4) is 0 Å². The molecule has 4 nitrogen and oxygen atoms in total. The minimum Gasteiger partial charge on any atom is -0.379 e. The highest BCUT2D eigenvalue weighted by atomic mass is 79.9. The fraction of sp³-hybridized carbons (Fsp3) is 0.533. The molecule has 2 aliphatic heterocycles. The standard InChI is InChI=1S/C15H18BrFN2O2/c16-14-9-11(17)1-2-13(14)15(20)19-4-3-12(10-19)18-5-7-21-8-6-18/h1-2,9,12H,3-8,10H2. The lowest BCUT2D eigenvalue weighted by Gasteiger charge is -2.32. The van der Waals surface area contributed by atoms with Crippen LogP contribution in [0.5, 0.6) is 0 Å². The highest BCUT2D eigenvalue weighted by Gasteiger charge is 2.32. The van der Waals surface area contributed by atoms with Crippen molar-refractivity contribution in [2.24, 2.45) is 0 Å². The van der Waals surface area contributed by atoms with Gasteiger partial charge < -0.3 is 9.64 Å². The average molecular weight is 357 g/mol. The van der Waals surface area contributed by atoms with Crippen molar-refractivity contribution in [1.82, 2.24) is 9.80 Å². The van der Waals surface area contributed by atoms with Crippen LogP contribution in [0.25, 0.3) is 0 Å². The summed E-state index contributed by atoms with van der Waals surface area (Å²) in [5.74, 6) is -0.372. The van der Waals surface area contributed by atoms with E-state index in [1.54, 1.807) is 6.07 Å². The van der Waals surface area contributed by atoms with Crippen LogP contribution in [-0.4, -0.2) is 61.1 Å². The smallest absolute Gasteiger partial charge is 0.255 e. The van der Waals surface area contributed by atoms with Gasteiger partial charge in [-0.25, -0.2) is 4.39 Å². The average Bonchev–Trinajstić information content (AvgIpc) is 2.97. The zero-order valence-electron chi connectivity index (χ0n) is 11.7. The van der Waals surface area contributed by atoms with Crippen molar-refractivity contribution in [3.8, 4) is 0 Å². The first-order valence-corrected chi connectivity index (χ1v) is 8.00. The minimum absolute atomic E-state index is 0.0300. The van der Waals surface area contributed by atoms with Crippen molar-refractivity contribution in [2.45, 2.75) is 12.5 Å². The van der Waals surface area contributed by atoms with Crippen LogP contribution in [0.1, 0.15) is 16.8 Å². The van der Waals surface area contributed by atoms with Crippen LogP contribution in [0.2, 0.25) is 0 Å². The zero-order chi connectivity index (χ0) is 14.8. The molecule has 21 heavy (non-hydrogen) atoms. The maximum Gasteiger partial charge on any atom is 0.255 e. The van der Waals surface area contributed by atoms with Crippen LogP contribution < -0.4 is 0 Å². The molecular weight excluding hydrogens is 339 g/mol. The van der Waals surface area contributed by atoms with E-state index in [0.717, 1.165) is 45.8 Å². The first-order chi connectivity index (χ1) is 10.1. The lowest BCUT2D eigenvalue weighted by Crippen LogP contribution is -2.45. The number of ether oxygens (including phenoxy) is 1. The van der Waals surface area contributed by atoms with E-state index in [4.69, 9.17) is 4.74 Å². The second kappa shape index (κ2) is 6.42. The third kappa shape index (κ3) is 3.27. The van der Waals surface area contributed by atoms with E-state index in [1.165, 1.54) is 12.1 Å². The number of morpholine rings is 1. The number of likely N-dealkylation sites (tertiary alicyclic amines) is 1. The maximum absolute atomic E-state index is 13.1. The Morgan fingerprint density at radius 2 is 2.05 bits per heavy atom. The summed E-state index contributed by atoms with van der Waals surface area (Å²) >= 11 is 3.27. The summed E-state index contributed by atoms with van der Waals surface area (Å²) in [5, 5.41) is 0. The Balaban J connectivity index is 1.66. The van der Waals surface area contributed by atoms with Gasteiger partial charge in [-0.1, -0.05) is 0 Å². The molecule has 0 bridgehead atoms. The van der Waals surface area contributed by atoms with Gasteiger partial charge in [-0.2, -0.15) is 0 Å². The molecule has 3 rings (SSSR count). The molecule has 1 unspecified atom stereocenters. The molecule has 2 aliphatic rings. The third-order valence-corrected chi connectivity index (χ3v) is 4.83. The van der Waals surface area contributed by atoms with Gasteiger partial charge in [-0.15, -0.1) is 0 Å². The van der Waals surface area contributed by atoms with Crippen LogP contribution in [0, 0.1) is 5.82 Å². The molecule has 2 heterocycles. The number of halogens is 2. The first-order valence-electron chi connectivity index (χ1n) is 7.21. The van der Waals surface area contributed by atoms with E-state index in [0.29, 0.717) is 16.1 Å². The van der Waals surface area contributed by atoms with E-state index in [1.807, 2.05) is 4.90 Å². The maximum atomic E-state index is 13.1. The molecule has 0 aliphatic carbocycles. The van der Waals surface area contributed by atoms with Crippen molar-refractivity contribution in [3.63, 3.8) is 0 Å². The van der Waals surface area contributed by atoms with Crippen molar-refractivity contribution in [2.75, 3.05) is 39.4 Å². The van der Waals surface area contributed by atoms with Crippen LogP contribution in [-0.2, 0) is 4.74 Å². The SMILES string of the molecule is O=C(c1ccc(F)cc1Br)N1CCC(N2CCOCC2)C1. The van der Waals surface area contributed by atoms with Crippen molar-refractivity contribution in [3.05, 3.63) is 34.1 Å². The number of carbonyl (C=O) groups is 1. The Labute approximate surface area is 132 Å². The minimum atomic E-state index is -0.342. The molecule has 0 N–H and O–H groups in total. The molecule has 2 saturated heterocycles. The molecule has 1 aromatic rings. The Kier molecular flexibility index (Phi) is 4.57. The second-order valence-electron chi connectivity index (χ2n) is 5.47. The largest absolute Gasteiger partial charge is 0.379 e. The van der Waals surface area contributed by atoms with E-state index in [2.05, 4.69) is 20.8 Å². The highest BCUT2D eigenvalue weighted by Crippen LogP contribution is 2.23. The Hall–Kier alpha value is -0.980. The van der Waals surface area contributed by atoms with E-state index in [-0.39, 0.29) is 11.7 Å². The molecule has 6 heteroatoms. The number of carbonyl (C=O) groups excluding carboxylic acids is 1. The molecular formula is C15H18BrFN2O2. The summed E-state index contributed by atoms with van der Waals surface area (Å²) in [7, 11) is 0. The Morgan fingerprint density at radius 1 is 1.29 bits per heavy atom. The summed E-state index contributed by atoms with van der Waals surface area (Å²) in [5.41, 5.74) is 0.527. The van der Waals surface area contributed by atoms with Crippen LogP contribution in [0.15, 0.2) is 22.7 Å². The topological polar surface area (TPSA) is 32.8 Å². The normalized spacial score (nSPS) is 23.5. The number of benzene rings is 1. The predicted molar refractivity (Wildman–Crippen MR) is 80.8 cm³/mol. The summed E-state index contributed by atoms with van der Waals surface area (Å²) in [6, 6.07) is 4.62. The fourth-order valence-electron chi connectivity index (χ4n) is 3.00. The zero-order valence-corrected chi connectivity index (χ0v) is 13.3. The van der Waals surface area contributed by atoms with Crippen LogP contribution in [0.4, 0.5) is 4.39 Å². The molecule has 1 amide bonds. The molecule has 1 atom stereocenters. The van der Waals surface area contributed by atoms with Gasteiger partial charge in [0.2, 0.25) is 0 Å². The van der Waals surface area contributed by atoms with Gasteiger partial charge in [0.1, 0.15) is 5.82 Å².